The molecule has 1 aromatic heterocycles. The Morgan fingerprint density at radius 3 is 1.96 bits per heavy atom. The maximum absolute atomic E-state index is 5.10. The third kappa shape index (κ3) is 2.95. The lowest BCUT2D eigenvalue weighted by atomic mass is 10.0. The Kier molecular flexibility index (Phi) is 4.40. The highest BCUT2D eigenvalue weighted by molar-refractivity contribution is 5.82. The molecule has 0 aliphatic heterocycles. The Hall–Kier alpha value is -3.13. The second-order valence-corrected chi connectivity index (χ2v) is 6.48. The smallest absolute Gasteiger partial charge is 0.141 e. The molecule has 128 valence electrons. The number of aromatic nitrogens is 2. The second-order valence-electron chi connectivity index (χ2n) is 6.48. The van der Waals surface area contributed by atoms with Gasteiger partial charge in [-0.25, -0.2) is 4.98 Å². The average Bonchev–Trinajstić information content (AvgIpc) is 3.09. The number of rotatable bonds is 4. The summed E-state index contributed by atoms with van der Waals surface area (Å²) in [6, 6.07) is 29.6. The van der Waals surface area contributed by atoms with Crippen LogP contribution in [-0.4, -0.2) is 9.55 Å². The third-order valence-corrected chi connectivity index (χ3v) is 4.65. The molecule has 4 aromatic rings. The minimum atomic E-state index is 0.868. The van der Waals surface area contributed by atoms with Crippen molar-refractivity contribution in [2.45, 2.75) is 20.4 Å². The molecule has 0 aliphatic rings. The zero-order chi connectivity index (χ0) is 17.9. The zero-order valence-corrected chi connectivity index (χ0v) is 15.2. The lowest BCUT2D eigenvalue weighted by molar-refractivity contribution is 0.778. The van der Waals surface area contributed by atoms with Gasteiger partial charge in [0.25, 0.3) is 0 Å². The molecule has 0 fully saturated rings. The molecular weight excluding hydrogens is 316 g/mol. The number of imidazole rings is 1. The standard InChI is InChI=1S/C24H22N2/c1-3-26-23(20-14-8-5-9-15-20)22(19-12-6-4-7-13-19)25-24(26)21-16-10-11-18(2)17-21/h4-17H,3H2,1-2H3. The third-order valence-electron chi connectivity index (χ3n) is 4.65. The van der Waals surface area contributed by atoms with E-state index < -0.39 is 0 Å². The molecule has 26 heavy (non-hydrogen) atoms. The fourth-order valence-electron chi connectivity index (χ4n) is 3.45. The Labute approximate surface area is 154 Å². The largest absolute Gasteiger partial charge is 0.324 e. The van der Waals surface area contributed by atoms with Gasteiger partial charge in [0.1, 0.15) is 5.82 Å². The van der Waals surface area contributed by atoms with Crippen LogP contribution in [0.15, 0.2) is 84.9 Å². The lowest BCUT2D eigenvalue weighted by Gasteiger charge is -2.11. The molecule has 1 heterocycles. The predicted octanol–water partition coefficient (Wildman–Crippen LogP) is 6.21. The van der Waals surface area contributed by atoms with Gasteiger partial charge in [-0.05, 0) is 19.9 Å². The fourth-order valence-corrected chi connectivity index (χ4v) is 3.45. The van der Waals surface area contributed by atoms with Crippen molar-refractivity contribution in [2.24, 2.45) is 0 Å². The Morgan fingerprint density at radius 1 is 0.731 bits per heavy atom. The van der Waals surface area contributed by atoms with Gasteiger partial charge in [-0.3, -0.25) is 0 Å². The van der Waals surface area contributed by atoms with Gasteiger partial charge in [-0.2, -0.15) is 0 Å². The molecule has 0 aliphatic carbocycles. The topological polar surface area (TPSA) is 17.8 Å². The van der Waals surface area contributed by atoms with Crippen LogP contribution in [0.3, 0.4) is 0 Å². The quantitative estimate of drug-likeness (QED) is 0.432. The molecular formula is C24H22N2. The van der Waals surface area contributed by atoms with E-state index in [4.69, 9.17) is 4.98 Å². The summed E-state index contributed by atoms with van der Waals surface area (Å²) in [6.45, 7) is 5.18. The van der Waals surface area contributed by atoms with Crippen LogP contribution in [0, 0.1) is 6.92 Å². The van der Waals surface area contributed by atoms with E-state index in [1.807, 2.05) is 6.07 Å². The van der Waals surface area contributed by atoms with Crippen molar-refractivity contribution in [3.8, 4) is 33.9 Å². The van der Waals surface area contributed by atoms with E-state index >= 15 is 0 Å². The van der Waals surface area contributed by atoms with Crippen molar-refractivity contribution in [1.82, 2.24) is 9.55 Å². The minimum Gasteiger partial charge on any atom is -0.324 e. The summed E-state index contributed by atoms with van der Waals surface area (Å²) in [5.74, 6) is 1.02. The minimum absolute atomic E-state index is 0.868. The number of nitrogens with zero attached hydrogens (tertiary/aromatic N) is 2. The SMILES string of the molecule is CCn1c(-c2cccc(C)c2)nc(-c2ccccc2)c1-c1ccccc1. The summed E-state index contributed by atoms with van der Waals surface area (Å²) < 4.78 is 2.33. The first-order valence-electron chi connectivity index (χ1n) is 9.06. The van der Waals surface area contributed by atoms with E-state index in [-0.39, 0.29) is 0 Å². The molecule has 0 radical (unpaired) electrons. The maximum atomic E-state index is 5.10. The van der Waals surface area contributed by atoms with Gasteiger partial charge in [0, 0.05) is 23.2 Å². The molecule has 3 aromatic carbocycles. The zero-order valence-electron chi connectivity index (χ0n) is 15.2. The van der Waals surface area contributed by atoms with Crippen LogP contribution < -0.4 is 0 Å². The van der Waals surface area contributed by atoms with Crippen LogP contribution in [0.1, 0.15) is 12.5 Å². The van der Waals surface area contributed by atoms with E-state index in [0.717, 1.165) is 29.2 Å². The van der Waals surface area contributed by atoms with Gasteiger partial charge in [-0.1, -0.05) is 84.4 Å². The van der Waals surface area contributed by atoms with Crippen molar-refractivity contribution in [3.05, 3.63) is 90.5 Å². The maximum Gasteiger partial charge on any atom is 0.141 e. The Morgan fingerprint density at radius 2 is 1.35 bits per heavy atom. The molecule has 2 heteroatoms. The van der Waals surface area contributed by atoms with E-state index in [1.54, 1.807) is 0 Å². The van der Waals surface area contributed by atoms with Crippen LogP contribution in [0.25, 0.3) is 33.9 Å². The summed E-state index contributed by atoms with van der Waals surface area (Å²) >= 11 is 0. The van der Waals surface area contributed by atoms with E-state index in [0.29, 0.717) is 0 Å². The second kappa shape index (κ2) is 7.01. The van der Waals surface area contributed by atoms with Crippen LogP contribution in [0.4, 0.5) is 0 Å². The van der Waals surface area contributed by atoms with Crippen molar-refractivity contribution in [2.75, 3.05) is 0 Å². The molecule has 0 spiro atoms. The highest BCUT2D eigenvalue weighted by atomic mass is 15.1. The average molecular weight is 338 g/mol. The highest BCUT2D eigenvalue weighted by Gasteiger charge is 2.20. The molecule has 4 rings (SSSR count). The normalized spacial score (nSPS) is 10.8. The number of aryl methyl sites for hydroxylation is 1. The number of hydrogen-bond donors (Lipinski definition) is 0. The van der Waals surface area contributed by atoms with Gasteiger partial charge in [0.2, 0.25) is 0 Å². The lowest BCUT2D eigenvalue weighted by Crippen LogP contribution is -2.00. The van der Waals surface area contributed by atoms with E-state index in [9.17, 15) is 0 Å². The number of hydrogen-bond acceptors (Lipinski definition) is 1. The molecule has 2 nitrogen and oxygen atoms in total. The molecule has 0 saturated heterocycles. The number of benzene rings is 3. The van der Waals surface area contributed by atoms with Crippen molar-refractivity contribution >= 4 is 0 Å². The molecule has 0 amide bonds. The van der Waals surface area contributed by atoms with Crippen molar-refractivity contribution in [3.63, 3.8) is 0 Å². The summed E-state index contributed by atoms with van der Waals surface area (Å²) in [6.07, 6.45) is 0. The van der Waals surface area contributed by atoms with Gasteiger partial charge in [-0.15, -0.1) is 0 Å². The summed E-state index contributed by atoms with van der Waals surface area (Å²) in [5, 5.41) is 0. The van der Waals surface area contributed by atoms with Crippen molar-refractivity contribution in [1.29, 1.82) is 0 Å². The Balaban J connectivity index is 2.02. The first kappa shape index (κ1) is 16.3. The summed E-state index contributed by atoms with van der Waals surface area (Å²) in [7, 11) is 0. The molecule has 0 atom stereocenters. The molecule has 0 N–H and O–H groups in total. The monoisotopic (exact) mass is 338 g/mol. The Bertz CT molecular complexity index is 1010. The van der Waals surface area contributed by atoms with Crippen LogP contribution in [0.2, 0.25) is 0 Å². The van der Waals surface area contributed by atoms with Gasteiger partial charge >= 0.3 is 0 Å². The molecule has 0 unspecified atom stereocenters. The van der Waals surface area contributed by atoms with Gasteiger partial charge in [0.05, 0.1) is 11.4 Å². The van der Waals surface area contributed by atoms with E-state index in [1.165, 1.54) is 16.8 Å². The van der Waals surface area contributed by atoms with Crippen LogP contribution >= 0.6 is 0 Å². The van der Waals surface area contributed by atoms with Gasteiger partial charge in [0.15, 0.2) is 0 Å². The highest BCUT2D eigenvalue weighted by Crippen LogP contribution is 2.36. The van der Waals surface area contributed by atoms with Crippen molar-refractivity contribution < 1.29 is 0 Å². The van der Waals surface area contributed by atoms with Gasteiger partial charge < -0.3 is 4.57 Å². The van der Waals surface area contributed by atoms with E-state index in [2.05, 4.69) is 97.3 Å². The molecule has 0 saturated carbocycles. The molecule has 0 bridgehead atoms. The summed E-state index contributed by atoms with van der Waals surface area (Å²) in [4.78, 5) is 5.10. The first-order chi connectivity index (χ1) is 12.8. The van der Waals surface area contributed by atoms with Crippen LogP contribution in [-0.2, 0) is 6.54 Å². The van der Waals surface area contributed by atoms with Crippen LogP contribution in [0.5, 0.6) is 0 Å². The first-order valence-corrected chi connectivity index (χ1v) is 9.06. The fraction of sp³-hybridized carbons (Fsp3) is 0.125. The predicted molar refractivity (Wildman–Crippen MR) is 109 cm³/mol. The summed E-state index contributed by atoms with van der Waals surface area (Å²) in [5.41, 5.74) is 6.96.